The summed E-state index contributed by atoms with van der Waals surface area (Å²) >= 11 is 9.54. The molecule has 0 spiro atoms. The Morgan fingerprint density at radius 3 is 2.42 bits per heavy atom. The molecule has 3 aromatic carbocycles. The fourth-order valence-corrected chi connectivity index (χ4v) is 4.29. The molecular weight excluding hydrogens is 476 g/mol. The maximum absolute atomic E-state index is 13.0. The summed E-state index contributed by atoms with van der Waals surface area (Å²) < 4.78 is 6.84. The van der Waals surface area contributed by atoms with Gasteiger partial charge in [0.15, 0.2) is 0 Å². The molecule has 0 atom stereocenters. The molecule has 0 aliphatic carbocycles. The van der Waals surface area contributed by atoms with E-state index in [1.165, 1.54) is 5.56 Å². The van der Waals surface area contributed by atoms with E-state index in [-0.39, 0.29) is 5.91 Å². The van der Waals surface area contributed by atoms with Gasteiger partial charge in [0.05, 0.1) is 0 Å². The van der Waals surface area contributed by atoms with Crippen molar-refractivity contribution in [1.29, 1.82) is 0 Å². The van der Waals surface area contributed by atoms with E-state index in [1.54, 1.807) is 0 Å². The van der Waals surface area contributed by atoms with Crippen molar-refractivity contribution in [2.45, 2.75) is 13.2 Å². The number of rotatable bonds is 6. The maximum Gasteiger partial charge on any atom is 0.253 e. The molecule has 160 valence electrons. The molecule has 6 heteroatoms. The van der Waals surface area contributed by atoms with E-state index in [1.807, 2.05) is 71.6 Å². The van der Waals surface area contributed by atoms with Crippen LogP contribution in [0.1, 0.15) is 21.5 Å². The normalized spacial score (nSPS) is 14.5. The number of hydrogen-bond acceptors (Lipinski definition) is 3. The molecule has 0 radical (unpaired) electrons. The number of halogens is 2. The monoisotopic (exact) mass is 498 g/mol. The number of hydrogen-bond donors (Lipinski definition) is 0. The van der Waals surface area contributed by atoms with E-state index in [0.29, 0.717) is 12.2 Å². The van der Waals surface area contributed by atoms with E-state index in [9.17, 15) is 4.79 Å². The third kappa shape index (κ3) is 6.10. The first-order valence-electron chi connectivity index (χ1n) is 10.3. The molecule has 0 aromatic heterocycles. The summed E-state index contributed by atoms with van der Waals surface area (Å²) in [6, 6.07) is 23.4. The van der Waals surface area contributed by atoms with Crippen LogP contribution < -0.4 is 4.74 Å². The third-order valence-electron chi connectivity index (χ3n) is 5.33. The number of carbonyl (C=O) groups excluding carboxylic acids is 1. The number of benzene rings is 3. The molecule has 1 fully saturated rings. The molecule has 0 unspecified atom stereocenters. The smallest absolute Gasteiger partial charge is 0.253 e. The lowest BCUT2D eigenvalue weighted by molar-refractivity contribution is 0.0628. The van der Waals surface area contributed by atoms with Crippen LogP contribution in [0.5, 0.6) is 5.75 Å². The maximum atomic E-state index is 13.0. The largest absolute Gasteiger partial charge is 0.489 e. The van der Waals surface area contributed by atoms with Crippen LogP contribution in [0, 0.1) is 0 Å². The van der Waals surface area contributed by atoms with Crippen LogP contribution in [0.3, 0.4) is 0 Å². The van der Waals surface area contributed by atoms with Gasteiger partial charge in [0.2, 0.25) is 0 Å². The van der Waals surface area contributed by atoms with Gasteiger partial charge < -0.3 is 9.64 Å². The van der Waals surface area contributed by atoms with E-state index < -0.39 is 0 Å². The Morgan fingerprint density at radius 2 is 1.65 bits per heavy atom. The van der Waals surface area contributed by atoms with Crippen molar-refractivity contribution in [1.82, 2.24) is 9.80 Å². The first-order chi connectivity index (χ1) is 15.1. The lowest BCUT2D eigenvalue weighted by Gasteiger charge is -2.35. The molecule has 31 heavy (non-hydrogen) atoms. The Bertz CT molecular complexity index is 1050. The minimum atomic E-state index is 0.0757. The highest BCUT2D eigenvalue weighted by molar-refractivity contribution is 9.10. The van der Waals surface area contributed by atoms with Crippen LogP contribution in [0.15, 0.2) is 77.3 Å². The van der Waals surface area contributed by atoms with Gasteiger partial charge in [-0.3, -0.25) is 9.69 Å². The minimum Gasteiger partial charge on any atom is -0.489 e. The minimum absolute atomic E-state index is 0.0757. The molecular formula is C25H24BrClN2O2. The summed E-state index contributed by atoms with van der Waals surface area (Å²) in [5.41, 5.74) is 2.88. The number of piperazine rings is 1. The molecule has 1 heterocycles. The Hall–Kier alpha value is -2.34. The Morgan fingerprint density at radius 1 is 0.903 bits per heavy atom. The average Bonchev–Trinajstić information content (AvgIpc) is 2.78. The van der Waals surface area contributed by atoms with Crippen molar-refractivity contribution >= 4 is 33.4 Å². The van der Waals surface area contributed by atoms with Crippen LogP contribution >= 0.6 is 27.5 Å². The molecule has 1 aliphatic heterocycles. The molecule has 1 saturated heterocycles. The van der Waals surface area contributed by atoms with E-state index >= 15 is 0 Å². The van der Waals surface area contributed by atoms with Gasteiger partial charge in [-0.15, -0.1) is 0 Å². The SMILES string of the molecule is O=C(c1cccc(COc2cccc(Br)c2)c1)N1CCN(Cc2cccc(Cl)c2)CC1. The second-order valence-electron chi connectivity index (χ2n) is 7.64. The Kier molecular flexibility index (Phi) is 7.28. The lowest BCUT2D eigenvalue weighted by atomic mass is 10.1. The number of amides is 1. The van der Waals surface area contributed by atoms with Crippen LogP contribution in [0.25, 0.3) is 0 Å². The summed E-state index contributed by atoms with van der Waals surface area (Å²) in [5, 5.41) is 0.759. The zero-order chi connectivity index (χ0) is 21.6. The van der Waals surface area contributed by atoms with Gasteiger partial charge in [-0.2, -0.15) is 0 Å². The van der Waals surface area contributed by atoms with Gasteiger partial charge >= 0.3 is 0 Å². The van der Waals surface area contributed by atoms with Crippen LogP contribution in [0.4, 0.5) is 0 Å². The van der Waals surface area contributed by atoms with Gasteiger partial charge in [0.25, 0.3) is 5.91 Å². The number of carbonyl (C=O) groups is 1. The standard InChI is InChI=1S/C25H24BrClN2O2/c26-22-7-3-9-24(16-22)31-18-20-5-1-6-21(14-20)25(30)29-12-10-28(11-13-29)17-19-4-2-8-23(27)15-19/h1-9,14-16H,10-13,17-18H2. The molecule has 0 bridgehead atoms. The summed E-state index contributed by atoms with van der Waals surface area (Å²) in [4.78, 5) is 17.3. The Labute approximate surface area is 196 Å². The fourth-order valence-electron chi connectivity index (χ4n) is 3.70. The summed E-state index contributed by atoms with van der Waals surface area (Å²) in [5.74, 6) is 0.869. The van der Waals surface area contributed by atoms with E-state index in [0.717, 1.165) is 53.5 Å². The van der Waals surface area contributed by atoms with Crippen molar-refractivity contribution in [3.63, 3.8) is 0 Å². The van der Waals surface area contributed by atoms with Crippen LogP contribution in [-0.2, 0) is 13.2 Å². The average molecular weight is 500 g/mol. The first-order valence-corrected chi connectivity index (χ1v) is 11.5. The molecule has 3 aromatic rings. The predicted molar refractivity (Wildman–Crippen MR) is 128 cm³/mol. The van der Waals surface area contributed by atoms with Crippen molar-refractivity contribution in [2.75, 3.05) is 26.2 Å². The molecule has 4 nitrogen and oxygen atoms in total. The van der Waals surface area contributed by atoms with Crippen molar-refractivity contribution < 1.29 is 9.53 Å². The Balaban J connectivity index is 1.32. The quantitative estimate of drug-likeness (QED) is 0.440. The highest BCUT2D eigenvalue weighted by Crippen LogP contribution is 2.20. The second kappa shape index (κ2) is 10.3. The predicted octanol–water partition coefficient (Wildman–Crippen LogP) is 5.64. The van der Waals surface area contributed by atoms with Crippen LogP contribution in [0.2, 0.25) is 5.02 Å². The van der Waals surface area contributed by atoms with Gasteiger partial charge in [-0.05, 0) is 53.6 Å². The number of ether oxygens (including phenoxy) is 1. The van der Waals surface area contributed by atoms with Gasteiger partial charge in [-0.25, -0.2) is 0 Å². The zero-order valence-electron chi connectivity index (χ0n) is 17.1. The van der Waals surface area contributed by atoms with Gasteiger partial charge in [0.1, 0.15) is 12.4 Å². The summed E-state index contributed by atoms with van der Waals surface area (Å²) in [6.45, 7) is 4.42. The molecule has 0 N–H and O–H groups in total. The molecule has 4 rings (SSSR count). The fraction of sp³-hybridized carbons (Fsp3) is 0.240. The van der Waals surface area contributed by atoms with E-state index in [4.69, 9.17) is 16.3 Å². The highest BCUT2D eigenvalue weighted by atomic mass is 79.9. The lowest BCUT2D eigenvalue weighted by Crippen LogP contribution is -2.48. The van der Waals surface area contributed by atoms with Crippen molar-refractivity contribution in [3.05, 3.63) is 99.0 Å². The van der Waals surface area contributed by atoms with Crippen LogP contribution in [-0.4, -0.2) is 41.9 Å². The van der Waals surface area contributed by atoms with Gasteiger partial charge in [-0.1, -0.05) is 57.9 Å². The first kappa shape index (κ1) is 21.9. The van der Waals surface area contributed by atoms with Crippen molar-refractivity contribution in [3.8, 4) is 5.75 Å². The van der Waals surface area contributed by atoms with E-state index in [2.05, 4.69) is 26.9 Å². The van der Waals surface area contributed by atoms with Crippen molar-refractivity contribution in [2.24, 2.45) is 0 Å². The van der Waals surface area contributed by atoms with Gasteiger partial charge in [0, 0.05) is 47.8 Å². The topological polar surface area (TPSA) is 32.8 Å². The zero-order valence-corrected chi connectivity index (χ0v) is 19.5. The third-order valence-corrected chi connectivity index (χ3v) is 6.06. The second-order valence-corrected chi connectivity index (χ2v) is 9.00. The molecule has 1 aliphatic rings. The summed E-state index contributed by atoms with van der Waals surface area (Å²) in [6.07, 6.45) is 0. The number of nitrogens with zero attached hydrogens (tertiary/aromatic N) is 2. The summed E-state index contributed by atoms with van der Waals surface area (Å²) in [7, 11) is 0. The highest BCUT2D eigenvalue weighted by Gasteiger charge is 2.22. The molecule has 1 amide bonds. The molecule has 0 saturated carbocycles.